The fraction of sp³-hybridized carbons (Fsp3) is 0.533. The molecule has 0 bridgehead atoms. The summed E-state index contributed by atoms with van der Waals surface area (Å²) in [4.78, 5) is 12.2. The molecule has 0 aliphatic heterocycles. The van der Waals surface area contributed by atoms with E-state index >= 15 is 0 Å². The Kier molecular flexibility index (Phi) is 2.13. The molecule has 2 nitrogen and oxygen atoms in total. The van der Waals surface area contributed by atoms with Gasteiger partial charge >= 0.3 is 0 Å². The first kappa shape index (κ1) is 10.8. The summed E-state index contributed by atoms with van der Waals surface area (Å²) in [7, 11) is 0. The predicted octanol–water partition coefficient (Wildman–Crippen LogP) is 3.08. The van der Waals surface area contributed by atoms with Gasteiger partial charge in [0.1, 0.15) is 5.76 Å². The predicted molar refractivity (Wildman–Crippen MR) is 65.8 cm³/mol. The molecule has 1 aromatic rings. The van der Waals surface area contributed by atoms with Crippen molar-refractivity contribution in [1.82, 2.24) is 0 Å². The van der Waals surface area contributed by atoms with E-state index in [4.69, 9.17) is 4.42 Å². The Bertz CT molecular complexity index is 509. The van der Waals surface area contributed by atoms with Crippen LogP contribution in [0.1, 0.15) is 30.7 Å². The van der Waals surface area contributed by atoms with Crippen LogP contribution in [0.15, 0.2) is 22.8 Å². The van der Waals surface area contributed by atoms with Crippen LogP contribution in [0.4, 0.5) is 0 Å². The summed E-state index contributed by atoms with van der Waals surface area (Å²) >= 11 is 0. The fourth-order valence-corrected chi connectivity index (χ4v) is 3.45. The van der Waals surface area contributed by atoms with E-state index in [1.807, 2.05) is 6.26 Å². The molecular formula is C15H18O2. The van der Waals surface area contributed by atoms with E-state index in [9.17, 15) is 4.79 Å². The molecule has 0 fully saturated rings. The van der Waals surface area contributed by atoms with Crippen LogP contribution in [-0.2, 0) is 17.6 Å². The average molecular weight is 230 g/mol. The number of fused-ring (bicyclic) bond motifs is 2. The third kappa shape index (κ3) is 1.36. The summed E-state index contributed by atoms with van der Waals surface area (Å²) in [6.45, 7) is 6.41. The maximum atomic E-state index is 12.2. The second-order valence-corrected chi connectivity index (χ2v) is 5.81. The average Bonchev–Trinajstić information content (AvgIpc) is 2.64. The van der Waals surface area contributed by atoms with Crippen LogP contribution >= 0.6 is 0 Å². The van der Waals surface area contributed by atoms with Crippen LogP contribution < -0.4 is 0 Å². The van der Waals surface area contributed by atoms with Crippen molar-refractivity contribution in [2.45, 2.75) is 33.6 Å². The Morgan fingerprint density at radius 3 is 3.00 bits per heavy atom. The fourth-order valence-electron chi connectivity index (χ4n) is 3.45. The highest BCUT2D eigenvalue weighted by molar-refractivity contribution is 5.96. The number of ketones is 1. The number of carbonyl (C=O) groups excluding carboxylic acids is 1. The van der Waals surface area contributed by atoms with Crippen molar-refractivity contribution in [3.8, 4) is 0 Å². The lowest BCUT2D eigenvalue weighted by Crippen LogP contribution is -2.46. The zero-order valence-electron chi connectivity index (χ0n) is 10.6. The number of hydrogen-bond acceptors (Lipinski definition) is 2. The molecule has 0 saturated heterocycles. The van der Waals surface area contributed by atoms with Crippen LogP contribution in [-0.4, -0.2) is 5.78 Å². The number of hydrogen-bond donors (Lipinski definition) is 0. The van der Waals surface area contributed by atoms with E-state index in [2.05, 4.69) is 26.8 Å². The van der Waals surface area contributed by atoms with Gasteiger partial charge in [0.05, 0.1) is 6.26 Å². The molecule has 2 aliphatic carbocycles. The minimum absolute atomic E-state index is 0.258. The molecule has 0 radical (unpaired) electrons. The van der Waals surface area contributed by atoms with Crippen molar-refractivity contribution < 1.29 is 9.21 Å². The molecule has 0 aromatic carbocycles. The molecule has 17 heavy (non-hydrogen) atoms. The smallest absolute Gasteiger partial charge is 0.161 e. The van der Waals surface area contributed by atoms with Gasteiger partial charge in [0.25, 0.3) is 0 Å². The highest BCUT2D eigenvalue weighted by atomic mass is 16.3. The van der Waals surface area contributed by atoms with Crippen molar-refractivity contribution in [2.75, 3.05) is 0 Å². The van der Waals surface area contributed by atoms with Gasteiger partial charge in [0.2, 0.25) is 0 Å². The first-order valence-electron chi connectivity index (χ1n) is 6.31. The van der Waals surface area contributed by atoms with Crippen LogP contribution in [0, 0.1) is 24.2 Å². The van der Waals surface area contributed by atoms with E-state index in [0.717, 1.165) is 18.6 Å². The van der Waals surface area contributed by atoms with Gasteiger partial charge in [-0.05, 0) is 42.4 Å². The Morgan fingerprint density at radius 1 is 1.47 bits per heavy atom. The Balaban J connectivity index is 2.10. The van der Waals surface area contributed by atoms with Gasteiger partial charge in [-0.3, -0.25) is 4.79 Å². The van der Waals surface area contributed by atoms with Gasteiger partial charge in [-0.1, -0.05) is 19.9 Å². The summed E-state index contributed by atoms with van der Waals surface area (Å²) in [5, 5.41) is 0. The first-order chi connectivity index (χ1) is 8.02. The number of allylic oxidation sites excluding steroid dienone is 2. The van der Waals surface area contributed by atoms with Gasteiger partial charge < -0.3 is 4.42 Å². The SMILES string of the molecule is Cc1coc2c1CC1C(C)C=CC(=O)C1(C)C2. The number of rotatable bonds is 0. The molecule has 3 atom stereocenters. The van der Waals surface area contributed by atoms with E-state index in [0.29, 0.717) is 11.8 Å². The normalized spacial score (nSPS) is 35.6. The van der Waals surface area contributed by atoms with Gasteiger partial charge in [-0.2, -0.15) is 0 Å². The minimum Gasteiger partial charge on any atom is -0.469 e. The second kappa shape index (κ2) is 3.34. The summed E-state index contributed by atoms with van der Waals surface area (Å²) < 4.78 is 5.61. The third-order valence-corrected chi connectivity index (χ3v) is 4.71. The highest BCUT2D eigenvalue weighted by Crippen LogP contribution is 2.48. The molecule has 0 saturated carbocycles. The van der Waals surface area contributed by atoms with Gasteiger partial charge in [0, 0.05) is 11.8 Å². The lowest BCUT2D eigenvalue weighted by molar-refractivity contribution is -0.128. The van der Waals surface area contributed by atoms with Crippen molar-refractivity contribution in [2.24, 2.45) is 17.3 Å². The molecule has 0 spiro atoms. The molecule has 0 amide bonds. The largest absolute Gasteiger partial charge is 0.469 e. The summed E-state index contributed by atoms with van der Waals surface area (Å²) in [6.07, 6.45) is 7.39. The van der Waals surface area contributed by atoms with Crippen LogP contribution in [0.3, 0.4) is 0 Å². The molecule has 2 heteroatoms. The molecule has 1 aromatic heterocycles. The Morgan fingerprint density at radius 2 is 2.24 bits per heavy atom. The summed E-state index contributed by atoms with van der Waals surface area (Å²) in [6, 6.07) is 0. The van der Waals surface area contributed by atoms with Gasteiger partial charge in [0.15, 0.2) is 5.78 Å². The Labute approximate surface area is 102 Å². The molecule has 1 heterocycles. The lowest BCUT2D eigenvalue weighted by atomic mass is 9.58. The summed E-state index contributed by atoms with van der Waals surface area (Å²) in [5.74, 6) is 2.18. The monoisotopic (exact) mass is 230 g/mol. The van der Waals surface area contributed by atoms with Crippen LogP contribution in [0.5, 0.6) is 0 Å². The number of aryl methyl sites for hydroxylation is 1. The zero-order valence-corrected chi connectivity index (χ0v) is 10.6. The second-order valence-electron chi connectivity index (χ2n) is 5.81. The molecule has 3 rings (SSSR count). The maximum Gasteiger partial charge on any atom is 0.161 e. The van der Waals surface area contributed by atoms with Crippen LogP contribution in [0.2, 0.25) is 0 Å². The van der Waals surface area contributed by atoms with E-state index < -0.39 is 0 Å². The lowest BCUT2D eigenvalue weighted by Gasteiger charge is -2.43. The molecule has 3 unspecified atom stereocenters. The van der Waals surface area contributed by atoms with Gasteiger partial charge in [-0.15, -0.1) is 0 Å². The zero-order chi connectivity index (χ0) is 12.2. The summed E-state index contributed by atoms with van der Waals surface area (Å²) in [5.41, 5.74) is 2.31. The van der Waals surface area contributed by atoms with Crippen molar-refractivity contribution in [3.63, 3.8) is 0 Å². The van der Waals surface area contributed by atoms with E-state index in [1.165, 1.54) is 11.1 Å². The van der Waals surface area contributed by atoms with E-state index in [-0.39, 0.29) is 11.2 Å². The maximum absolute atomic E-state index is 12.2. The third-order valence-electron chi connectivity index (χ3n) is 4.71. The van der Waals surface area contributed by atoms with Crippen LogP contribution in [0.25, 0.3) is 0 Å². The van der Waals surface area contributed by atoms with Crippen molar-refractivity contribution in [3.05, 3.63) is 35.3 Å². The van der Waals surface area contributed by atoms with Crippen molar-refractivity contribution >= 4 is 5.78 Å². The first-order valence-corrected chi connectivity index (χ1v) is 6.31. The Hall–Kier alpha value is -1.31. The minimum atomic E-state index is -0.258. The number of furan rings is 1. The van der Waals surface area contributed by atoms with Crippen molar-refractivity contribution in [1.29, 1.82) is 0 Å². The molecule has 2 aliphatic rings. The number of carbonyl (C=O) groups is 1. The molecule has 0 N–H and O–H groups in total. The standard InChI is InChI=1S/C15H18O2/c1-9-4-5-14(16)15(3)7-13-11(6-12(9)15)10(2)8-17-13/h4-5,8-9,12H,6-7H2,1-3H3. The highest BCUT2D eigenvalue weighted by Gasteiger charge is 2.48. The van der Waals surface area contributed by atoms with Gasteiger partial charge in [-0.25, -0.2) is 0 Å². The van der Waals surface area contributed by atoms with E-state index in [1.54, 1.807) is 6.08 Å². The molecule has 90 valence electrons. The quantitative estimate of drug-likeness (QED) is 0.685. The molecular weight excluding hydrogens is 212 g/mol. The topological polar surface area (TPSA) is 30.2 Å².